The Balaban J connectivity index is 1.96. The number of ether oxygens (including phenoxy) is 1. The fourth-order valence-electron chi connectivity index (χ4n) is 2.15. The van der Waals surface area contributed by atoms with Gasteiger partial charge in [-0.2, -0.15) is 0 Å². The summed E-state index contributed by atoms with van der Waals surface area (Å²) in [5.74, 6) is 0.900. The largest absolute Gasteiger partial charge is 0.497 e. The van der Waals surface area contributed by atoms with Gasteiger partial charge in [-0.3, -0.25) is 0 Å². The number of rotatable bonds is 3. The Kier molecular flexibility index (Phi) is 2.73. The van der Waals surface area contributed by atoms with Crippen molar-refractivity contribution in [2.75, 3.05) is 7.11 Å². The van der Waals surface area contributed by atoms with Crippen LogP contribution in [-0.4, -0.2) is 11.5 Å². The molecule has 2 aromatic heterocycles. The van der Waals surface area contributed by atoms with Crippen LogP contribution in [0.1, 0.15) is 5.56 Å². The van der Waals surface area contributed by atoms with Gasteiger partial charge < -0.3 is 4.74 Å². The summed E-state index contributed by atoms with van der Waals surface area (Å²) in [5, 5.41) is 0. The molecule has 3 nitrogen and oxygen atoms in total. The molecule has 0 aliphatic heterocycles. The fourth-order valence-corrected chi connectivity index (χ4v) is 2.15. The maximum Gasteiger partial charge on any atom is 0.286 e. The Hall–Kier alpha value is -2.29. The minimum Gasteiger partial charge on any atom is -0.497 e. The molecule has 0 aliphatic rings. The Bertz CT molecular complexity index is 673. The van der Waals surface area contributed by atoms with Gasteiger partial charge in [0.25, 0.3) is 5.65 Å². The van der Waals surface area contributed by atoms with Crippen molar-refractivity contribution < 1.29 is 9.30 Å². The van der Waals surface area contributed by atoms with Gasteiger partial charge in [0.2, 0.25) is 0 Å². The van der Waals surface area contributed by atoms with Crippen molar-refractivity contribution in [2.45, 2.75) is 6.54 Å². The fraction of sp³-hybridized carbons (Fsp3) is 0.133. The summed E-state index contributed by atoms with van der Waals surface area (Å²) >= 11 is 0. The van der Waals surface area contributed by atoms with Crippen molar-refractivity contribution >= 4 is 5.65 Å². The number of methoxy groups -OCH3 is 1. The standard InChI is InChI=1S/C15H15N2O/c1-18-14-6-4-5-13(11-14)12-17-10-9-16-8-3-2-7-15(16)17/h2-11H,12H2,1H3/q+1. The maximum absolute atomic E-state index is 5.25. The molecule has 18 heavy (non-hydrogen) atoms. The topological polar surface area (TPSA) is 17.5 Å². The molecule has 3 heteroatoms. The zero-order valence-electron chi connectivity index (χ0n) is 10.3. The number of imidazole rings is 1. The van der Waals surface area contributed by atoms with Crippen molar-refractivity contribution in [3.8, 4) is 5.75 Å². The average Bonchev–Trinajstić information content (AvgIpc) is 2.83. The third kappa shape index (κ3) is 1.95. The second kappa shape index (κ2) is 4.53. The van der Waals surface area contributed by atoms with Crippen LogP contribution in [0.3, 0.4) is 0 Å². The van der Waals surface area contributed by atoms with E-state index in [1.54, 1.807) is 7.11 Å². The Morgan fingerprint density at radius 3 is 2.94 bits per heavy atom. The maximum atomic E-state index is 5.25. The summed E-state index contributed by atoms with van der Waals surface area (Å²) in [6.45, 7) is 0.845. The molecule has 0 saturated carbocycles. The Morgan fingerprint density at radius 1 is 1.11 bits per heavy atom. The predicted octanol–water partition coefficient (Wildman–Crippen LogP) is 2.28. The molecule has 0 atom stereocenters. The van der Waals surface area contributed by atoms with E-state index in [1.807, 2.05) is 18.2 Å². The van der Waals surface area contributed by atoms with E-state index in [9.17, 15) is 0 Å². The Morgan fingerprint density at radius 2 is 2.06 bits per heavy atom. The van der Waals surface area contributed by atoms with Crippen LogP contribution in [0.25, 0.3) is 5.65 Å². The molecular weight excluding hydrogens is 224 g/mol. The molecule has 0 amide bonds. The lowest BCUT2D eigenvalue weighted by molar-refractivity contribution is -0.661. The number of aromatic nitrogens is 2. The number of fused-ring (bicyclic) bond motifs is 1. The second-order valence-corrected chi connectivity index (χ2v) is 4.24. The lowest BCUT2D eigenvalue weighted by Gasteiger charge is -2.02. The zero-order chi connectivity index (χ0) is 12.4. The molecule has 0 N–H and O–H groups in total. The van der Waals surface area contributed by atoms with E-state index in [1.165, 1.54) is 11.2 Å². The highest BCUT2D eigenvalue weighted by Gasteiger charge is 2.08. The number of hydrogen-bond acceptors (Lipinski definition) is 1. The molecule has 0 bridgehead atoms. The highest BCUT2D eigenvalue weighted by atomic mass is 16.5. The van der Waals surface area contributed by atoms with E-state index in [0.29, 0.717) is 0 Å². The minimum absolute atomic E-state index is 0.845. The van der Waals surface area contributed by atoms with Crippen molar-refractivity contribution in [2.24, 2.45) is 0 Å². The molecule has 0 saturated heterocycles. The van der Waals surface area contributed by atoms with E-state index < -0.39 is 0 Å². The van der Waals surface area contributed by atoms with Gasteiger partial charge in [0.05, 0.1) is 13.3 Å². The van der Waals surface area contributed by atoms with Crippen LogP contribution in [-0.2, 0) is 6.54 Å². The third-order valence-corrected chi connectivity index (χ3v) is 3.06. The molecule has 3 rings (SSSR count). The summed E-state index contributed by atoms with van der Waals surface area (Å²) in [6, 6.07) is 14.4. The molecule has 0 fully saturated rings. The van der Waals surface area contributed by atoms with E-state index in [-0.39, 0.29) is 0 Å². The molecule has 0 radical (unpaired) electrons. The predicted molar refractivity (Wildman–Crippen MR) is 69.7 cm³/mol. The SMILES string of the molecule is COc1cccc(C[n+]2ccn3ccccc32)c1. The molecule has 0 spiro atoms. The van der Waals surface area contributed by atoms with Gasteiger partial charge in [0, 0.05) is 6.07 Å². The number of benzene rings is 1. The van der Waals surface area contributed by atoms with Gasteiger partial charge in [-0.25, -0.2) is 8.97 Å². The number of nitrogens with zero attached hydrogens (tertiary/aromatic N) is 2. The summed E-state index contributed by atoms with van der Waals surface area (Å²) in [5.41, 5.74) is 2.41. The number of hydrogen-bond donors (Lipinski definition) is 0. The van der Waals surface area contributed by atoms with Gasteiger partial charge in [0.15, 0.2) is 0 Å². The molecule has 1 aromatic carbocycles. The van der Waals surface area contributed by atoms with Crippen LogP contribution in [0, 0.1) is 0 Å². The lowest BCUT2D eigenvalue weighted by atomic mass is 10.2. The monoisotopic (exact) mass is 239 g/mol. The van der Waals surface area contributed by atoms with Crippen molar-refractivity contribution in [1.82, 2.24) is 4.40 Å². The molecule has 2 heterocycles. The molecule has 0 aliphatic carbocycles. The van der Waals surface area contributed by atoms with Gasteiger partial charge >= 0.3 is 0 Å². The lowest BCUT2D eigenvalue weighted by Crippen LogP contribution is -2.32. The first kappa shape index (κ1) is 10.8. The molecular formula is C15H15N2O+. The van der Waals surface area contributed by atoms with Gasteiger partial charge in [-0.05, 0) is 23.8 Å². The van der Waals surface area contributed by atoms with Gasteiger partial charge in [-0.1, -0.05) is 18.2 Å². The van der Waals surface area contributed by atoms with Crippen molar-refractivity contribution in [1.29, 1.82) is 0 Å². The summed E-state index contributed by atoms with van der Waals surface area (Å²) < 4.78 is 9.58. The van der Waals surface area contributed by atoms with E-state index in [4.69, 9.17) is 4.74 Å². The smallest absolute Gasteiger partial charge is 0.286 e. The van der Waals surface area contributed by atoms with Gasteiger partial charge in [0.1, 0.15) is 24.7 Å². The van der Waals surface area contributed by atoms with Crippen LogP contribution in [0.2, 0.25) is 0 Å². The number of pyridine rings is 1. The van der Waals surface area contributed by atoms with E-state index in [0.717, 1.165) is 12.3 Å². The van der Waals surface area contributed by atoms with Crippen LogP contribution in [0.5, 0.6) is 5.75 Å². The Labute approximate surface area is 106 Å². The highest BCUT2D eigenvalue weighted by Crippen LogP contribution is 2.12. The van der Waals surface area contributed by atoms with Gasteiger partial charge in [-0.15, -0.1) is 0 Å². The van der Waals surface area contributed by atoms with E-state index in [2.05, 4.69) is 51.8 Å². The first-order valence-corrected chi connectivity index (χ1v) is 5.95. The van der Waals surface area contributed by atoms with Crippen molar-refractivity contribution in [3.05, 3.63) is 66.6 Å². The quantitative estimate of drug-likeness (QED) is 0.641. The summed E-state index contributed by atoms with van der Waals surface area (Å²) in [7, 11) is 1.69. The first-order valence-electron chi connectivity index (χ1n) is 5.95. The molecule has 3 aromatic rings. The van der Waals surface area contributed by atoms with E-state index >= 15 is 0 Å². The van der Waals surface area contributed by atoms with Crippen molar-refractivity contribution in [3.63, 3.8) is 0 Å². The van der Waals surface area contributed by atoms with Crippen LogP contribution in [0.4, 0.5) is 0 Å². The summed E-state index contributed by atoms with van der Waals surface area (Å²) in [6.07, 6.45) is 6.21. The highest BCUT2D eigenvalue weighted by molar-refractivity contribution is 5.32. The van der Waals surface area contributed by atoms with Crippen LogP contribution in [0.15, 0.2) is 61.1 Å². The summed E-state index contributed by atoms with van der Waals surface area (Å²) in [4.78, 5) is 0. The second-order valence-electron chi connectivity index (χ2n) is 4.24. The normalized spacial score (nSPS) is 10.7. The first-order chi connectivity index (χ1) is 8.86. The third-order valence-electron chi connectivity index (χ3n) is 3.06. The zero-order valence-corrected chi connectivity index (χ0v) is 10.3. The molecule has 0 unspecified atom stereocenters. The average molecular weight is 239 g/mol. The minimum atomic E-state index is 0.845. The van der Waals surface area contributed by atoms with Crippen LogP contribution < -0.4 is 9.30 Å². The molecule has 90 valence electrons. The van der Waals surface area contributed by atoms with Crippen LogP contribution >= 0.6 is 0 Å².